The summed E-state index contributed by atoms with van der Waals surface area (Å²) in [5, 5.41) is 2.45. The highest BCUT2D eigenvalue weighted by Gasteiger charge is 2.11. The number of hydrogen-bond donors (Lipinski definition) is 1. The predicted molar refractivity (Wildman–Crippen MR) is 90.4 cm³/mol. The zero-order chi connectivity index (χ0) is 14.4. The van der Waals surface area contributed by atoms with Crippen LogP contribution in [0, 0.1) is 0 Å². The lowest BCUT2D eigenvalue weighted by Gasteiger charge is -2.26. The number of nitrogens with zero attached hydrogens (tertiary/aromatic N) is 1. The molecule has 2 rings (SSSR count). The molecule has 0 saturated heterocycles. The smallest absolute Gasteiger partial charge is 0.0466 e. The Morgan fingerprint density at radius 2 is 1.50 bits per heavy atom. The Morgan fingerprint density at radius 1 is 0.900 bits per heavy atom. The van der Waals surface area contributed by atoms with Gasteiger partial charge in [-0.15, -0.1) is 0 Å². The van der Waals surface area contributed by atoms with Gasteiger partial charge in [-0.3, -0.25) is 0 Å². The molecule has 2 nitrogen and oxygen atoms in total. The zero-order valence-electron chi connectivity index (χ0n) is 12.7. The monoisotopic (exact) mass is 270 g/mol. The van der Waals surface area contributed by atoms with Gasteiger partial charge in [0.1, 0.15) is 0 Å². The van der Waals surface area contributed by atoms with Crippen molar-refractivity contribution in [3.8, 4) is 0 Å². The van der Waals surface area contributed by atoms with Crippen LogP contribution >= 0.6 is 0 Å². The van der Waals surface area contributed by atoms with E-state index < -0.39 is 0 Å². The van der Waals surface area contributed by atoms with E-state index in [0.717, 1.165) is 18.8 Å². The van der Waals surface area contributed by atoms with E-state index in [9.17, 15) is 0 Å². The molecule has 0 bridgehead atoms. The van der Waals surface area contributed by atoms with Gasteiger partial charge in [-0.1, -0.05) is 51.0 Å². The van der Waals surface area contributed by atoms with E-state index in [2.05, 4.69) is 43.0 Å². The van der Waals surface area contributed by atoms with Gasteiger partial charge in [0.2, 0.25) is 0 Å². The first-order chi connectivity index (χ1) is 9.77. The Kier molecular flexibility index (Phi) is 5.28. The molecule has 2 heteroatoms. The Morgan fingerprint density at radius 3 is 2.10 bits per heavy atom. The number of fused-ring (bicyclic) bond motifs is 1. The summed E-state index contributed by atoms with van der Waals surface area (Å²) in [6, 6.07) is 12.7. The van der Waals surface area contributed by atoms with Crippen LogP contribution in [0.25, 0.3) is 10.8 Å². The van der Waals surface area contributed by atoms with Gasteiger partial charge in [0.15, 0.2) is 0 Å². The summed E-state index contributed by atoms with van der Waals surface area (Å²) in [5.41, 5.74) is 8.40. The third-order valence-electron chi connectivity index (χ3n) is 3.82. The molecule has 0 aliphatic carbocycles. The van der Waals surface area contributed by atoms with Crippen molar-refractivity contribution >= 4 is 22.1 Å². The standard InChI is InChI=1S/C18H26N2/c1-3-5-13-20(14-6-4-2)17-12-8-10-15-9-7-11-16(19)18(15)17/h7-12H,3-6,13-14,19H2,1-2H3. The molecular formula is C18H26N2. The maximum atomic E-state index is 6.23. The molecule has 108 valence electrons. The minimum Gasteiger partial charge on any atom is -0.398 e. The fourth-order valence-electron chi connectivity index (χ4n) is 2.66. The van der Waals surface area contributed by atoms with E-state index >= 15 is 0 Å². The predicted octanol–water partition coefficient (Wildman–Crippen LogP) is 4.83. The molecule has 0 unspecified atom stereocenters. The first-order valence-corrected chi connectivity index (χ1v) is 7.80. The number of nitrogens with two attached hydrogens (primary N) is 1. The Labute approximate surface area is 122 Å². The van der Waals surface area contributed by atoms with Crippen molar-refractivity contribution in [1.29, 1.82) is 0 Å². The van der Waals surface area contributed by atoms with Crippen LogP contribution < -0.4 is 10.6 Å². The Hall–Kier alpha value is -1.70. The third kappa shape index (κ3) is 3.24. The summed E-state index contributed by atoms with van der Waals surface area (Å²) in [4.78, 5) is 2.51. The van der Waals surface area contributed by atoms with E-state index in [1.165, 1.54) is 42.1 Å². The molecule has 2 aromatic rings. The number of rotatable bonds is 7. The average molecular weight is 270 g/mol. The fourth-order valence-corrected chi connectivity index (χ4v) is 2.66. The van der Waals surface area contributed by atoms with Crippen LogP contribution in [0.3, 0.4) is 0 Å². The second-order valence-electron chi connectivity index (χ2n) is 5.42. The van der Waals surface area contributed by atoms with Crippen LogP contribution in [0.4, 0.5) is 11.4 Å². The molecule has 0 heterocycles. The van der Waals surface area contributed by atoms with Crippen LogP contribution in [-0.4, -0.2) is 13.1 Å². The summed E-state index contributed by atoms with van der Waals surface area (Å²) in [6.07, 6.45) is 4.91. The molecular weight excluding hydrogens is 244 g/mol. The number of hydrogen-bond acceptors (Lipinski definition) is 2. The molecule has 0 aromatic heterocycles. The number of anilines is 2. The van der Waals surface area contributed by atoms with Crippen LogP contribution in [0.2, 0.25) is 0 Å². The molecule has 0 atom stereocenters. The highest BCUT2D eigenvalue weighted by molar-refractivity contribution is 6.02. The quantitative estimate of drug-likeness (QED) is 0.730. The lowest BCUT2D eigenvalue weighted by molar-refractivity contribution is 0.679. The van der Waals surface area contributed by atoms with E-state index in [-0.39, 0.29) is 0 Å². The lowest BCUT2D eigenvalue weighted by Crippen LogP contribution is -2.25. The van der Waals surface area contributed by atoms with E-state index in [1.807, 2.05) is 12.1 Å². The van der Waals surface area contributed by atoms with Gasteiger partial charge in [-0.05, 0) is 30.4 Å². The summed E-state index contributed by atoms with van der Waals surface area (Å²) in [6.45, 7) is 6.72. The topological polar surface area (TPSA) is 29.3 Å². The summed E-state index contributed by atoms with van der Waals surface area (Å²) >= 11 is 0. The van der Waals surface area contributed by atoms with Crippen molar-refractivity contribution in [3.05, 3.63) is 36.4 Å². The van der Waals surface area contributed by atoms with Gasteiger partial charge in [-0.25, -0.2) is 0 Å². The van der Waals surface area contributed by atoms with Gasteiger partial charge in [0.25, 0.3) is 0 Å². The third-order valence-corrected chi connectivity index (χ3v) is 3.82. The molecule has 2 aromatic carbocycles. The summed E-state index contributed by atoms with van der Waals surface area (Å²) in [5.74, 6) is 0. The average Bonchev–Trinajstić information content (AvgIpc) is 2.47. The molecule has 0 fully saturated rings. The maximum absolute atomic E-state index is 6.23. The van der Waals surface area contributed by atoms with Crippen molar-refractivity contribution in [2.75, 3.05) is 23.7 Å². The van der Waals surface area contributed by atoms with Crippen molar-refractivity contribution < 1.29 is 0 Å². The van der Waals surface area contributed by atoms with Crippen molar-refractivity contribution in [2.24, 2.45) is 0 Å². The van der Waals surface area contributed by atoms with Crippen molar-refractivity contribution in [3.63, 3.8) is 0 Å². The van der Waals surface area contributed by atoms with Crippen molar-refractivity contribution in [1.82, 2.24) is 0 Å². The van der Waals surface area contributed by atoms with Crippen LogP contribution in [0.15, 0.2) is 36.4 Å². The molecule has 2 N–H and O–H groups in total. The molecule has 0 aliphatic rings. The highest BCUT2D eigenvalue weighted by atomic mass is 15.1. The summed E-state index contributed by atoms with van der Waals surface area (Å²) < 4.78 is 0. The summed E-state index contributed by atoms with van der Waals surface area (Å²) in [7, 11) is 0. The molecule has 20 heavy (non-hydrogen) atoms. The molecule has 0 aliphatic heterocycles. The highest BCUT2D eigenvalue weighted by Crippen LogP contribution is 2.31. The van der Waals surface area contributed by atoms with E-state index in [1.54, 1.807) is 0 Å². The van der Waals surface area contributed by atoms with Gasteiger partial charge < -0.3 is 10.6 Å². The fraction of sp³-hybridized carbons (Fsp3) is 0.444. The number of benzene rings is 2. The van der Waals surface area contributed by atoms with Gasteiger partial charge in [0.05, 0.1) is 0 Å². The maximum Gasteiger partial charge on any atom is 0.0466 e. The molecule has 0 amide bonds. The zero-order valence-corrected chi connectivity index (χ0v) is 12.7. The minimum atomic E-state index is 0.885. The largest absolute Gasteiger partial charge is 0.398 e. The number of unbranched alkanes of at least 4 members (excludes halogenated alkanes) is 2. The van der Waals surface area contributed by atoms with Crippen LogP contribution in [0.5, 0.6) is 0 Å². The van der Waals surface area contributed by atoms with Gasteiger partial charge >= 0.3 is 0 Å². The normalized spacial score (nSPS) is 10.9. The second-order valence-corrected chi connectivity index (χ2v) is 5.42. The van der Waals surface area contributed by atoms with Crippen LogP contribution in [-0.2, 0) is 0 Å². The van der Waals surface area contributed by atoms with E-state index in [0.29, 0.717) is 0 Å². The first-order valence-electron chi connectivity index (χ1n) is 7.80. The molecule has 0 spiro atoms. The van der Waals surface area contributed by atoms with Gasteiger partial charge in [-0.2, -0.15) is 0 Å². The Bertz CT molecular complexity index is 535. The lowest BCUT2D eigenvalue weighted by atomic mass is 10.1. The first kappa shape index (κ1) is 14.7. The second kappa shape index (κ2) is 7.18. The van der Waals surface area contributed by atoms with E-state index in [4.69, 9.17) is 5.73 Å². The SMILES string of the molecule is CCCCN(CCCC)c1cccc2cccc(N)c12. The minimum absolute atomic E-state index is 0.885. The van der Waals surface area contributed by atoms with Crippen LogP contribution in [0.1, 0.15) is 39.5 Å². The van der Waals surface area contributed by atoms with Crippen molar-refractivity contribution in [2.45, 2.75) is 39.5 Å². The number of nitrogen functional groups attached to an aromatic ring is 1. The van der Waals surface area contributed by atoms with Gasteiger partial charge in [0, 0.05) is 29.9 Å². The molecule has 0 radical (unpaired) electrons. The molecule has 0 saturated carbocycles. The Balaban J connectivity index is 2.40.